The van der Waals surface area contributed by atoms with E-state index in [9.17, 15) is 9.59 Å². The van der Waals surface area contributed by atoms with Crippen molar-refractivity contribution < 1.29 is 19.8 Å². The zero-order valence-corrected chi connectivity index (χ0v) is 14.9. The van der Waals surface area contributed by atoms with E-state index in [0.29, 0.717) is 24.9 Å². The van der Waals surface area contributed by atoms with E-state index in [-0.39, 0.29) is 12.8 Å². The fourth-order valence-electron chi connectivity index (χ4n) is 3.08. The second-order valence-electron chi connectivity index (χ2n) is 6.78. The summed E-state index contributed by atoms with van der Waals surface area (Å²) in [6, 6.07) is 0. The molecule has 0 aromatic heterocycles. The molecule has 6 nitrogen and oxygen atoms in total. The Labute approximate surface area is 146 Å². The molecule has 0 radical (unpaired) electrons. The van der Waals surface area contributed by atoms with E-state index in [2.05, 4.69) is 0 Å². The van der Waals surface area contributed by atoms with Crippen LogP contribution in [0.3, 0.4) is 0 Å². The van der Waals surface area contributed by atoms with Gasteiger partial charge in [-0.05, 0) is 57.0 Å². The SMILES string of the molecule is NCC(CCCCCCC(=O)O)CC(CN)CCCCCC(=O)O. The van der Waals surface area contributed by atoms with Crippen molar-refractivity contribution in [3.63, 3.8) is 0 Å². The number of carboxylic acids is 2. The van der Waals surface area contributed by atoms with Gasteiger partial charge in [0.1, 0.15) is 0 Å². The van der Waals surface area contributed by atoms with Crippen LogP contribution in [0.2, 0.25) is 0 Å². The summed E-state index contributed by atoms with van der Waals surface area (Å²) in [7, 11) is 0. The Morgan fingerprint density at radius 1 is 0.667 bits per heavy atom. The first-order valence-corrected chi connectivity index (χ1v) is 9.33. The first-order valence-electron chi connectivity index (χ1n) is 9.33. The van der Waals surface area contributed by atoms with Gasteiger partial charge in [-0.1, -0.05) is 32.1 Å². The van der Waals surface area contributed by atoms with Gasteiger partial charge in [0, 0.05) is 12.8 Å². The van der Waals surface area contributed by atoms with E-state index < -0.39 is 11.9 Å². The molecule has 2 unspecified atom stereocenters. The van der Waals surface area contributed by atoms with Crippen molar-refractivity contribution in [2.75, 3.05) is 13.1 Å². The molecule has 0 spiro atoms. The molecule has 142 valence electrons. The van der Waals surface area contributed by atoms with Gasteiger partial charge in [-0.2, -0.15) is 0 Å². The Hall–Kier alpha value is -1.14. The van der Waals surface area contributed by atoms with Crippen LogP contribution in [0.4, 0.5) is 0 Å². The molecule has 0 aromatic carbocycles. The van der Waals surface area contributed by atoms with Crippen molar-refractivity contribution in [2.24, 2.45) is 23.3 Å². The molecule has 0 amide bonds. The Balaban J connectivity index is 3.79. The van der Waals surface area contributed by atoms with E-state index >= 15 is 0 Å². The van der Waals surface area contributed by atoms with E-state index in [4.69, 9.17) is 21.7 Å². The molecule has 0 saturated heterocycles. The van der Waals surface area contributed by atoms with Crippen LogP contribution in [-0.2, 0) is 9.59 Å². The van der Waals surface area contributed by atoms with Gasteiger partial charge in [0.25, 0.3) is 0 Å². The first-order chi connectivity index (χ1) is 11.5. The lowest BCUT2D eigenvalue weighted by atomic mass is 9.87. The number of aliphatic carboxylic acids is 2. The van der Waals surface area contributed by atoms with Gasteiger partial charge in [0.15, 0.2) is 0 Å². The summed E-state index contributed by atoms with van der Waals surface area (Å²) in [6.45, 7) is 1.33. The van der Waals surface area contributed by atoms with Crippen molar-refractivity contribution in [2.45, 2.75) is 77.0 Å². The molecule has 2 atom stereocenters. The summed E-state index contributed by atoms with van der Waals surface area (Å²) >= 11 is 0. The highest BCUT2D eigenvalue weighted by Crippen LogP contribution is 2.22. The van der Waals surface area contributed by atoms with Gasteiger partial charge in [-0.3, -0.25) is 9.59 Å². The Morgan fingerprint density at radius 3 is 1.42 bits per heavy atom. The van der Waals surface area contributed by atoms with Crippen LogP contribution in [0.5, 0.6) is 0 Å². The van der Waals surface area contributed by atoms with Gasteiger partial charge >= 0.3 is 11.9 Å². The third-order valence-corrected chi connectivity index (χ3v) is 4.59. The zero-order valence-electron chi connectivity index (χ0n) is 14.9. The zero-order chi connectivity index (χ0) is 18.2. The number of carbonyl (C=O) groups is 2. The van der Waals surface area contributed by atoms with Crippen molar-refractivity contribution >= 4 is 11.9 Å². The lowest BCUT2D eigenvalue weighted by molar-refractivity contribution is -0.138. The average Bonchev–Trinajstić information content (AvgIpc) is 2.54. The maximum atomic E-state index is 10.5. The van der Waals surface area contributed by atoms with E-state index in [1.807, 2.05) is 0 Å². The van der Waals surface area contributed by atoms with Crippen LogP contribution < -0.4 is 11.5 Å². The summed E-state index contributed by atoms with van der Waals surface area (Å²) in [6.07, 6.45) is 10.3. The number of rotatable bonds is 17. The van der Waals surface area contributed by atoms with Gasteiger partial charge < -0.3 is 21.7 Å². The average molecular weight is 344 g/mol. The third-order valence-electron chi connectivity index (χ3n) is 4.59. The molecule has 0 fully saturated rings. The predicted molar refractivity (Wildman–Crippen MR) is 95.8 cm³/mol. The van der Waals surface area contributed by atoms with Gasteiger partial charge in [0.2, 0.25) is 0 Å². The number of hydrogen-bond donors (Lipinski definition) is 4. The third kappa shape index (κ3) is 14.5. The molecular weight excluding hydrogens is 308 g/mol. The van der Waals surface area contributed by atoms with Gasteiger partial charge in [-0.15, -0.1) is 0 Å². The second kappa shape index (κ2) is 15.4. The molecule has 6 heteroatoms. The van der Waals surface area contributed by atoms with Crippen LogP contribution in [0.25, 0.3) is 0 Å². The minimum Gasteiger partial charge on any atom is -0.481 e. The molecule has 0 aliphatic carbocycles. The minimum absolute atomic E-state index is 0.251. The second-order valence-corrected chi connectivity index (χ2v) is 6.78. The number of nitrogens with two attached hydrogens (primary N) is 2. The maximum Gasteiger partial charge on any atom is 0.303 e. The fourth-order valence-corrected chi connectivity index (χ4v) is 3.08. The molecular formula is C18H36N2O4. The van der Waals surface area contributed by atoms with E-state index in [1.54, 1.807) is 0 Å². The molecule has 0 aromatic rings. The number of unbranched alkanes of at least 4 members (excludes halogenated alkanes) is 5. The largest absolute Gasteiger partial charge is 0.481 e. The number of hydrogen-bond acceptors (Lipinski definition) is 4. The summed E-state index contributed by atoms with van der Waals surface area (Å²) in [5, 5.41) is 17.2. The normalized spacial score (nSPS) is 13.6. The minimum atomic E-state index is -0.725. The lowest BCUT2D eigenvalue weighted by Crippen LogP contribution is -2.23. The Morgan fingerprint density at radius 2 is 1.04 bits per heavy atom. The molecule has 0 aliphatic heterocycles. The van der Waals surface area contributed by atoms with Crippen molar-refractivity contribution in [1.29, 1.82) is 0 Å². The standard InChI is InChI=1S/C18H36N2O4/c19-13-15(8-4-1-2-6-10-17(21)22)12-16(14-20)9-5-3-7-11-18(23)24/h15-16H,1-14,19-20H2,(H,21,22)(H,23,24). The van der Waals surface area contributed by atoms with E-state index in [0.717, 1.165) is 64.2 Å². The smallest absolute Gasteiger partial charge is 0.303 e. The van der Waals surface area contributed by atoms with Gasteiger partial charge in [0.05, 0.1) is 0 Å². The molecule has 6 N–H and O–H groups in total. The molecule has 0 heterocycles. The Bertz CT molecular complexity index is 337. The van der Waals surface area contributed by atoms with Crippen LogP contribution in [-0.4, -0.2) is 35.2 Å². The first kappa shape index (κ1) is 22.9. The quantitative estimate of drug-likeness (QED) is 0.300. The lowest BCUT2D eigenvalue weighted by Gasteiger charge is -2.21. The van der Waals surface area contributed by atoms with Crippen LogP contribution in [0, 0.1) is 11.8 Å². The summed E-state index contributed by atoms with van der Waals surface area (Å²) in [4.78, 5) is 20.9. The highest BCUT2D eigenvalue weighted by Gasteiger charge is 2.14. The number of carboxylic acid groups (broad SMARTS) is 2. The fraction of sp³-hybridized carbons (Fsp3) is 0.889. The summed E-state index contributed by atoms with van der Waals surface area (Å²) < 4.78 is 0. The van der Waals surface area contributed by atoms with Crippen molar-refractivity contribution in [3.8, 4) is 0 Å². The molecule has 24 heavy (non-hydrogen) atoms. The van der Waals surface area contributed by atoms with Crippen LogP contribution in [0.15, 0.2) is 0 Å². The Kier molecular flexibility index (Phi) is 14.7. The molecule has 0 rings (SSSR count). The van der Waals surface area contributed by atoms with Crippen molar-refractivity contribution in [1.82, 2.24) is 0 Å². The molecule has 0 saturated carbocycles. The maximum absolute atomic E-state index is 10.5. The highest BCUT2D eigenvalue weighted by atomic mass is 16.4. The summed E-state index contributed by atoms with van der Waals surface area (Å²) in [5.74, 6) is -0.492. The van der Waals surface area contributed by atoms with Crippen LogP contribution in [0.1, 0.15) is 77.0 Å². The van der Waals surface area contributed by atoms with Crippen molar-refractivity contribution in [3.05, 3.63) is 0 Å². The molecule has 0 bridgehead atoms. The van der Waals surface area contributed by atoms with Crippen LogP contribution >= 0.6 is 0 Å². The summed E-state index contributed by atoms with van der Waals surface area (Å²) in [5.41, 5.74) is 11.8. The molecule has 0 aliphatic rings. The predicted octanol–water partition coefficient (Wildman–Crippen LogP) is 2.99. The highest BCUT2D eigenvalue weighted by molar-refractivity contribution is 5.66. The topological polar surface area (TPSA) is 127 Å². The van der Waals surface area contributed by atoms with Gasteiger partial charge in [-0.25, -0.2) is 0 Å². The monoisotopic (exact) mass is 344 g/mol. The van der Waals surface area contributed by atoms with E-state index in [1.165, 1.54) is 0 Å².